The maximum absolute atomic E-state index is 13.2. The number of anilines is 2. The highest BCUT2D eigenvalue weighted by Gasteiger charge is 2.25. The second-order valence-corrected chi connectivity index (χ2v) is 8.20. The third-order valence-electron chi connectivity index (χ3n) is 4.88. The Morgan fingerprint density at radius 3 is 2.70 bits per heavy atom. The van der Waals surface area contributed by atoms with Gasteiger partial charge in [0.1, 0.15) is 11.3 Å². The Bertz CT molecular complexity index is 1140. The molecule has 2 aromatic heterocycles. The van der Waals surface area contributed by atoms with E-state index in [1.54, 1.807) is 33.3 Å². The van der Waals surface area contributed by atoms with Crippen molar-refractivity contribution < 1.29 is 14.7 Å². The highest BCUT2D eigenvalue weighted by molar-refractivity contribution is 6.09. The molecule has 1 unspecified atom stereocenters. The van der Waals surface area contributed by atoms with Gasteiger partial charge in [-0.1, -0.05) is 19.1 Å². The molecule has 1 atom stereocenters. The summed E-state index contributed by atoms with van der Waals surface area (Å²) in [7, 11) is 3.08. The Balaban J connectivity index is 2.00. The molecule has 11 nitrogen and oxygen atoms in total. The number of nitrogens with one attached hydrogen (secondary N) is 3. The highest BCUT2D eigenvalue weighted by atomic mass is 16.3. The van der Waals surface area contributed by atoms with E-state index in [-0.39, 0.29) is 34.5 Å². The standard InChI is InChI=1S/C22H28N8O3/c1-13-7-6-8-24-10-14(9-13)27-19-17(29-16(12-25-19)22(2,3)33)20(31)28-15-11-26-30(5)18(15)21(32)23-4/h6,8-13,33H,7H2,1-5H3,(H,23,32)(H,25,27)(H,28,31). The van der Waals surface area contributed by atoms with Crippen molar-refractivity contribution in [1.82, 2.24) is 25.1 Å². The Morgan fingerprint density at radius 1 is 1.24 bits per heavy atom. The molecule has 2 amide bonds. The maximum atomic E-state index is 13.2. The topological polar surface area (TPSA) is 146 Å². The minimum absolute atomic E-state index is 0.0547. The second-order valence-electron chi connectivity index (χ2n) is 8.20. The van der Waals surface area contributed by atoms with Gasteiger partial charge in [-0.2, -0.15) is 5.10 Å². The van der Waals surface area contributed by atoms with Crippen LogP contribution in [-0.4, -0.2) is 49.9 Å². The Kier molecular flexibility index (Phi) is 7.02. The smallest absolute Gasteiger partial charge is 0.278 e. The third kappa shape index (κ3) is 5.69. The monoisotopic (exact) mass is 452 g/mol. The molecule has 0 aliphatic carbocycles. The second kappa shape index (κ2) is 9.74. The van der Waals surface area contributed by atoms with Crippen molar-refractivity contribution in [2.24, 2.45) is 18.0 Å². The van der Waals surface area contributed by atoms with Crippen LogP contribution in [0.2, 0.25) is 0 Å². The number of aromatic nitrogens is 4. The number of hydrogen-bond acceptors (Lipinski definition) is 8. The van der Waals surface area contributed by atoms with Gasteiger partial charge in [0.15, 0.2) is 11.5 Å². The fourth-order valence-corrected chi connectivity index (χ4v) is 3.12. The van der Waals surface area contributed by atoms with Crippen molar-refractivity contribution in [3.63, 3.8) is 0 Å². The summed E-state index contributed by atoms with van der Waals surface area (Å²) in [6.07, 6.45) is 10.9. The quantitative estimate of drug-likeness (QED) is 0.524. The first-order chi connectivity index (χ1) is 15.6. The minimum Gasteiger partial charge on any atom is -0.384 e. The van der Waals surface area contributed by atoms with E-state index in [1.807, 2.05) is 12.2 Å². The van der Waals surface area contributed by atoms with Gasteiger partial charge in [0.05, 0.1) is 29.5 Å². The SMILES string of the molecule is CNC(=O)c1c(NC(=O)c2nc(C(C)(C)O)cnc2NC2=CC(C)CC=CN=C2)cnn1C. The lowest BCUT2D eigenvalue weighted by atomic mass is 10.1. The Morgan fingerprint density at radius 2 is 2.00 bits per heavy atom. The van der Waals surface area contributed by atoms with E-state index < -0.39 is 17.4 Å². The van der Waals surface area contributed by atoms with E-state index >= 15 is 0 Å². The van der Waals surface area contributed by atoms with Gasteiger partial charge >= 0.3 is 0 Å². The number of aliphatic hydroxyl groups is 1. The summed E-state index contributed by atoms with van der Waals surface area (Å²) in [6, 6.07) is 0. The number of amides is 2. The molecule has 0 radical (unpaired) electrons. The van der Waals surface area contributed by atoms with Crippen LogP contribution < -0.4 is 16.0 Å². The van der Waals surface area contributed by atoms with E-state index in [4.69, 9.17) is 0 Å². The van der Waals surface area contributed by atoms with Crippen LogP contribution in [0.1, 0.15) is 53.9 Å². The summed E-state index contributed by atoms with van der Waals surface area (Å²) in [6.45, 7) is 5.16. The lowest BCUT2D eigenvalue weighted by molar-refractivity contribution is 0.0731. The molecule has 1 aliphatic rings. The number of carbonyl (C=O) groups excluding carboxylic acids is 2. The molecule has 0 fully saturated rings. The molecule has 0 spiro atoms. The normalized spacial score (nSPS) is 15.9. The first kappa shape index (κ1) is 23.8. The van der Waals surface area contributed by atoms with E-state index in [1.165, 1.54) is 24.1 Å². The molecule has 11 heteroatoms. The van der Waals surface area contributed by atoms with E-state index in [9.17, 15) is 14.7 Å². The summed E-state index contributed by atoms with van der Waals surface area (Å²) in [5, 5.41) is 22.7. The molecular formula is C22H28N8O3. The predicted molar refractivity (Wildman–Crippen MR) is 125 cm³/mol. The highest BCUT2D eigenvalue weighted by Crippen LogP contribution is 2.23. The zero-order valence-electron chi connectivity index (χ0n) is 19.2. The van der Waals surface area contributed by atoms with Gasteiger partial charge in [-0.3, -0.25) is 19.3 Å². The molecule has 3 heterocycles. The molecule has 0 aromatic carbocycles. The van der Waals surface area contributed by atoms with Crippen LogP contribution in [0.3, 0.4) is 0 Å². The Labute approximate surface area is 191 Å². The number of nitrogens with zero attached hydrogens (tertiary/aromatic N) is 5. The molecule has 2 aromatic rings. The van der Waals surface area contributed by atoms with Gasteiger partial charge in [-0.15, -0.1) is 0 Å². The summed E-state index contributed by atoms with van der Waals surface area (Å²) >= 11 is 0. The average molecular weight is 453 g/mol. The van der Waals surface area contributed by atoms with Crippen LogP contribution >= 0.6 is 0 Å². The average Bonchev–Trinajstić information content (AvgIpc) is 3.10. The van der Waals surface area contributed by atoms with Crippen LogP contribution in [0, 0.1) is 5.92 Å². The van der Waals surface area contributed by atoms with Gasteiger partial charge in [0.2, 0.25) is 0 Å². The fourth-order valence-electron chi connectivity index (χ4n) is 3.12. The lowest BCUT2D eigenvalue weighted by Crippen LogP contribution is -2.26. The maximum Gasteiger partial charge on any atom is 0.278 e. The summed E-state index contributed by atoms with van der Waals surface area (Å²) in [5.41, 5.74) is -0.106. The van der Waals surface area contributed by atoms with Gasteiger partial charge < -0.3 is 21.1 Å². The Hall–Kier alpha value is -3.86. The number of allylic oxidation sites excluding steroid dienone is 3. The van der Waals surface area contributed by atoms with Crippen LogP contribution in [-0.2, 0) is 12.6 Å². The molecule has 0 saturated heterocycles. The summed E-state index contributed by atoms with van der Waals surface area (Å²) in [5.74, 6) is -0.606. The first-order valence-corrected chi connectivity index (χ1v) is 10.4. The third-order valence-corrected chi connectivity index (χ3v) is 4.88. The van der Waals surface area contributed by atoms with Crippen LogP contribution in [0.5, 0.6) is 0 Å². The molecule has 174 valence electrons. The van der Waals surface area contributed by atoms with Crippen LogP contribution in [0.4, 0.5) is 11.5 Å². The molecule has 3 rings (SSSR count). The van der Waals surface area contributed by atoms with Gasteiger partial charge in [0, 0.05) is 26.5 Å². The molecule has 4 N–H and O–H groups in total. The van der Waals surface area contributed by atoms with Crippen LogP contribution in [0.25, 0.3) is 0 Å². The molecule has 0 bridgehead atoms. The van der Waals surface area contributed by atoms with Crippen molar-refractivity contribution in [2.75, 3.05) is 17.7 Å². The van der Waals surface area contributed by atoms with Gasteiger partial charge in [0.25, 0.3) is 11.8 Å². The lowest BCUT2D eigenvalue weighted by Gasteiger charge is -2.19. The van der Waals surface area contributed by atoms with Crippen molar-refractivity contribution in [3.8, 4) is 0 Å². The molecular weight excluding hydrogens is 424 g/mol. The number of aryl methyl sites for hydroxylation is 1. The number of carbonyl (C=O) groups is 2. The largest absolute Gasteiger partial charge is 0.384 e. The van der Waals surface area contributed by atoms with E-state index in [2.05, 4.69) is 42.9 Å². The van der Waals surface area contributed by atoms with Crippen molar-refractivity contribution >= 4 is 29.5 Å². The first-order valence-electron chi connectivity index (χ1n) is 10.4. The molecule has 1 aliphatic heterocycles. The number of hydrogen-bond donors (Lipinski definition) is 4. The van der Waals surface area contributed by atoms with E-state index in [0.29, 0.717) is 5.70 Å². The van der Waals surface area contributed by atoms with Crippen molar-refractivity contribution in [3.05, 3.63) is 53.5 Å². The number of rotatable bonds is 6. The fraction of sp³-hybridized carbons (Fsp3) is 0.364. The minimum atomic E-state index is -1.32. The summed E-state index contributed by atoms with van der Waals surface area (Å²) in [4.78, 5) is 38.4. The van der Waals surface area contributed by atoms with Crippen LogP contribution in [0.15, 0.2) is 41.4 Å². The van der Waals surface area contributed by atoms with Crippen molar-refractivity contribution in [1.29, 1.82) is 0 Å². The van der Waals surface area contributed by atoms with Crippen molar-refractivity contribution in [2.45, 2.75) is 32.8 Å². The zero-order valence-corrected chi connectivity index (χ0v) is 19.2. The zero-order chi connectivity index (χ0) is 24.2. The predicted octanol–water partition coefficient (Wildman–Crippen LogP) is 1.97. The van der Waals surface area contributed by atoms with E-state index in [0.717, 1.165) is 6.42 Å². The number of aliphatic imine (C=N–C) groups is 1. The van der Waals surface area contributed by atoms with Gasteiger partial charge in [-0.05, 0) is 26.2 Å². The van der Waals surface area contributed by atoms with Gasteiger partial charge in [-0.25, -0.2) is 9.97 Å². The molecule has 33 heavy (non-hydrogen) atoms. The molecule has 0 saturated carbocycles. The summed E-state index contributed by atoms with van der Waals surface area (Å²) < 4.78 is 1.36.